The zero-order valence-corrected chi connectivity index (χ0v) is 10.3. The maximum absolute atomic E-state index is 5.58. The van der Waals surface area contributed by atoms with E-state index in [0.717, 1.165) is 23.2 Å². The zero-order chi connectivity index (χ0) is 11.0. The molecule has 1 atom stereocenters. The summed E-state index contributed by atoms with van der Waals surface area (Å²) in [5.41, 5.74) is 2.57. The average Bonchev–Trinajstić information content (AvgIpc) is 2.78. The molecule has 1 unspecified atom stereocenters. The van der Waals surface area contributed by atoms with Crippen molar-refractivity contribution in [3.8, 4) is 0 Å². The molecule has 2 aromatic rings. The Labute approximate surface area is 103 Å². The summed E-state index contributed by atoms with van der Waals surface area (Å²) in [5.74, 6) is 1.06. The summed E-state index contributed by atoms with van der Waals surface area (Å²) in [6, 6.07) is 10.6. The third-order valence-corrected chi connectivity index (χ3v) is 3.52. The topological polar surface area (TPSA) is 25.2 Å². The number of rotatable bonds is 1. The number of nitrogens with one attached hydrogen (secondary N) is 1. The summed E-state index contributed by atoms with van der Waals surface area (Å²) in [5, 5.41) is 3.49. The number of hydrogen-bond donors (Lipinski definition) is 1. The van der Waals surface area contributed by atoms with Gasteiger partial charge in [0.25, 0.3) is 0 Å². The molecule has 16 heavy (non-hydrogen) atoms. The highest BCUT2D eigenvalue weighted by Gasteiger charge is 2.23. The molecule has 82 valence electrons. The van der Waals surface area contributed by atoms with Gasteiger partial charge >= 0.3 is 0 Å². The van der Waals surface area contributed by atoms with Gasteiger partial charge in [-0.2, -0.15) is 0 Å². The van der Waals surface area contributed by atoms with E-state index in [2.05, 4.69) is 51.6 Å². The van der Waals surface area contributed by atoms with Crippen LogP contribution in [0.4, 0.5) is 0 Å². The molecule has 1 aromatic carbocycles. The molecule has 2 nitrogen and oxygen atoms in total. The van der Waals surface area contributed by atoms with Crippen molar-refractivity contribution in [2.45, 2.75) is 12.5 Å². The van der Waals surface area contributed by atoms with Crippen LogP contribution in [0.3, 0.4) is 0 Å². The second kappa shape index (κ2) is 4.07. The molecule has 3 rings (SSSR count). The smallest absolute Gasteiger partial charge is 0.128 e. The van der Waals surface area contributed by atoms with Crippen molar-refractivity contribution >= 4 is 15.9 Å². The van der Waals surface area contributed by atoms with Gasteiger partial charge in [0.05, 0.1) is 12.3 Å². The summed E-state index contributed by atoms with van der Waals surface area (Å²) in [6.45, 7) is 1.01. The van der Waals surface area contributed by atoms with E-state index in [1.54, 1.807) is 6.26 Å². The maximum atomic E-state index is 5.58. The first kappa shape index (κ1) is 10.1. The van der Waals surface area contributed by atoms with E-state index in [1.807, 2.05) is 0 Å². The van der Waals surface area contributed by atoms with Crippen LogP contribution in [0.5, 0.6) is 0 Å². The molecular weight excluding hydrogens is 266 g/mol. The van der Waals surface area contributed by atoms with Gasteiger partial charge in [-0.25, -0.2) is 0 Å². The van der Waals surface area contributed by atoms with E-state index in [1.165, 1.54) is 11.1 Å². The Bertz CT molecular complexity index is 489. The Morgan fingerprint density at radius 3 is 2.81 bits per heavy atom. The van der Waals surface area contributed by atoms with Crippen LogP contribution in [0.15, 0.2) is 45.5 Å². The van der Waals surface area contributed by atoms with Crippen molar-refractivity contribution in [1.82, 2.24) is 5.32 Å². The quantitative estimate of drug-likeness (QED) is 0.866. The van der Waals surface area contributed by atoms with Gasteiger partial charge in [-0.3, -0.25) is 0 Å². The molecule has 0 fully saturated rings. The van der Waals surface area contributed by atoms with E-state index >= 15 is 0 Å². The van der Waals surface area contributed by atoms with E-state index in [4.69, 9.17) is 4.42 Å². The Balaban J connectivity index is 2.00. The van der Waals surface area contributed by atoms with Gasteiger partial charge in [0.15, 0.2) is 0 Å². The molecule has 0 saturated heterocycles. The van der Waals surface area contributed by atoms with Crippen LogP contribution in [0.2, 0.25) is 0 Å². The Morgan fingerprint density at radius 2 is 2.00 bits per heavy atom. The van der Waals surface area contributed by atoms with Gasteiger partial charge in [-0.1, -0.05) is 28.1 Å². The zero-order valence-electron chi connectivity index (χ0n) is 8.74. The molecular formula is C13H12BrNO. The number of benzene rings is 1. The van der Waals surface area contributed by atoms with Crippen molar-refractivity contribution in [3.63, 3.8) is 0 Å². The largest absolute Gasteiger partial charge is 0.467 e. The fraction of sp³-hybridized carbons (Fsp3) is 0.231. The van der Waals surface area contributed by atoms with E-state index in [-0.39, 0.29) is 6.04 Å². The lowest BCUT2D eigenvalue weighted by atomic mass is 9.97. The molecule has 1 N–H and O–H groups in total. The minimum Gasteiger partial charge on any atom is -0.467 e. The van der Waals surface area contributed by atoms with Gasteiger partial charge in [0.1, 0.15) is 5.76 Å². The molecule has 1 aliphatic rings. The minimum atomic E-state index is 0.201. The van der Waals surface area contributed by atoms with Crippen molar-refractivity contribution in [2.75, 3.05) is 6.54 Å². The lowest BCUT2D eigenvalue weighted by molar-refractivity contribution is 0.425. The molecule has 0 spiro atoms. The second-order valence-corrected chi connectivity index (χ2v) is 4.91. The van der Waals surface area contributed by atoms with Crippen molar-refractivity contribution in [2.24, 2.45) is 0 Å². The van der Waals surface area contributed by atoms with Crippen LogP contribution in [0.25, 0.3) is 0 Å². The Morgan fingerprint density at radius 1 is 1.19 bits per heavy atom. The van der Waals surface area contributed by atoms with Gasteiger partial charge in [0, 0.05) is 11.0 Å². The number of fused-ring (bicyclic) bond motifs is 1. The van der Waals surface area contributed by atoms with Crippen molar-refractivity contribution in [1.29, 1.82) is 0 Å². The number of furan rings is 1. The van der Waals surface area contributed by atoms with Gasteiger partial charge < -0.3 is 9.73 Å². The standard InChI is InChI=1S/C13H12BrNO/c14-11-3-1-9(2-4-11)12-13-10(5-7-15-12)6-8-16-13/h1-4,6,8,12,15H,5,7H2. The molecule has 0 radical (unpaired) electrons. The highest BCUT2D eigenvalue weighted by Crippen LogP contribution is 2.29. The lowest BCUT2D eigenvalue weighted by Crippen LogP contribution is -2.29. The highest BCUT2D eigenvalue weighted by molar-refractivity contribution is 9.10. The van der Waals surface area contributed by atoms with Crippen LogP contribution in [-0.2, 0) is 6.42 Å². The molecule has 1 aliphatic heterocycles. The first-order valence-electron chi connectivity index (χ1n) is 5.40. The van der Waals surface area contributed by atoms with Crippen LogP contribution in [0, 0.1) is 0 Å². The summed E-state index contributed by atoms with van der Waals surface area (Å²) >= 11 is 3.45. The Kier molecular flexibility index (Phi) is 2.58. The monoisotopic (exact) mass is 277 g/mol. The third kappa shape index (κ3) is 1.70. The molecule has 2 heterocycles. The molecule has 0 amide bonds. The minimum absolute atomic E-state index is 0.201. The van der Waals surface area contributed by atoms with Crippen LogP contribution in [0.1, 0.15) is 22.9 Å². The lowest BCUT2D eigenvalue weighted by Gasteiger charge is -2.23. The molecule has 3 heteroatoms. The fourth-order valence-electron chi connectivity index (χ4n) is 2.18. The first-order chi connectivity index (χ1) is 7.84. The van der Waals surface area contributed by atoms with E-state index in [0.29, 0.717) is 0 Å². The summed E-state index contributed by atoms with van der Waals surface area (Å²) in [7, 11) is 0. The molecule has 0 saturated carbocycles. The van der Waals surface area contributed by atoms with E-state index < -0.39 is 0 Å². The van der Waals surface area contributed by atoms with Crippen molar-refractivity contribution < 1.29 is 4.42 Å². The average molecular weight is 278 g/mol. The van der Waals surface area contributed by atoms with Crippen molar-refractivity contribution in [3.05, 3.63) is 58.0 Å². The fourth-order valence-corrected chi connectivity index (χ4v) is 2.44. The molecule has 0 bridgehead atoms. The van der Waals surface area contributed by atoms with Gasteiger partial charge in [0.2, 0.25) is 0 Å². The Hall–Kier alpha value is -1.06. The van der Waals surface area contributed by atoms with Gasteiger partial charge in [-0.05, 0) is 35.7 Å². The first-order valence-corrected chi connectivity index (χ1v) is 6.19. The SMILES string of the molecule is Brc1ccc(C2NCCc3ccoc32)cc1. The van der Waals surface area contributed by atoms with Crippen LogP contribution < -0.4 is 5.32 Å². The number of hydrogen-bond acceptors (Lipinski definition) is 2. The predicted octanol–water partition coefficient (Wildman–Crippen LogP) is 3.28. The van der Waals surface area contributed by atoms with Crippen LogP contribution in [-0.4, -0.2) is 6.54 Å². The third-order valence-electron chi connectivity index (χ3n) is 2.99. The molecule has 1 aromatic heterocycles. The van der Waals surface area contributed by atoms with Crippen LogP contribution >= 0.6 is 15.9 Å². The second-order valence-electron chi connectivity index (χ2n) is 4.00. The highest BCUT2D eigenvalue weighted by atomic mass is 79.9. The van der Waals surface area contributed by atoms with Gasteiger partial charge in [-0.15, -0.1) is 0 Å². The number of halogens is 1. The van der Waals surface area contributed by atoms with E-state index in [9.17, 15) is 0 Å². The normalized spacial score (nSPS) is 19.4. The summed E-state index contributed by atoms with van der Waals surface area (Å²) in [4.78, 5) is 0. The summed E-state index contributed by atoms with van der Waals surface area (Å²) < 4.78 is 6.68. The predicted molar refractivity (Wildman–Crippen MR) is 66.4 cm³/mol. The maximum Gasteiger partial charge on any atom is 0.128 e. The summed E-state index contributed by atoms with van der Waals surface area (Å²) in [6.07, 6.45) is 2.84. The molecule has 0 aliphatic carbocycles.